The second kappa shape index (κ2) is 9.77. The van der Waals surface area contributed by atoms with Crippen molar-refractivity contribution < 1.29 is 4.79 Å². The number of hydrogen-bond donors (Lipinski definition) is 5. The van der Waals surface area contributed by atoms with Crippen LogP contribution in [0.3, 0.4) is 0 Å². The van der Waals surface area contributed by atoms with Gasteiger partial charge in [-0.05, 0) is 60.7 Å². The van der Waals surface area contributed by atoms with Crippen LogP contribution < -0.4 is 16.8 Å². The molecule has 0 bridgehead atoms. The van der Waals surface area contributed by atoms with Gasteiger partial charge in [-0.2, -0.15) is 5.10 Å². The van der Waals surface area contributed by atoms with E-state index < -0.39 is 6.04 Å². The van der Waals surface area contributed by atoms with Gasteiger partial charge in [-0.1, -0.05) is 48.0 Å². The second-order valence-electron chi connectivity index (χ2n) is 9.45. The number of benzene rings is 3. The number of aryl methyl sites for hydroxylation is 1. The van der Waals surface area contributed by atoms with Crippen LogP contribution in [0.4, 0.5) is 11.6 Å². The van der Waals surface area contributed by atoms with Crippen molar-refractivity contribution in [3.8, 4) is 11.3 Å². The van der Waals surface area contributed by atoms with Crippen molar-refractivity contribution in [3.63, 3.8) is 0 Å². The number of nitrogens with two attached hydrogens (primary N) is 2. The van der Waals surface area contributed by atoms with Crippen LogP contribution in [-0.2, 0) is 6.42 Å². The molecule has 0 aliphatic heterocycles. The van der Waals surface area contributed by atoms with Gasteiger partial charge in [0.2, 0.25) is 0 Å². The van der Waals surface area contributed by atoms with Crippen molar-refractivity contribution in [3.05, 3.63) is 101 Å². The molecule has 39 heavy (non-hydrogen) atoms. The Morgan fingerprint density at radius 2 is 1.77 bits per heavy atom. The van der Waals surface area contributed by atoms with E-state index in [0.717, 1.165) is 38.5 Å². The molecule has 3 aromatic carbocycles. The fourth-order valence-electron chi connectivity index (χ4n) is 4.79. The Bertz CT molecular complexity index is 1840. The number of imidazole rings is 1. The summed E-state index contributed by atoms with van der Waals surface area (Å²) in [5, 5.41) is 13.0. The SMILES string of the molecule is Cc1cc2cc(C(=O)N[C@@H](Cc3ccccc3)c3nc(-c4ccc5c(N)n[nH]c5c4)c(Cl)[nH]3)ccc2c(N)n1. The molecular weight excluding hydrogens is 512 g/mol. The van der Waals surface area contributed by atoms with Crippen LogP contribution in [0.15, 0.2) is 72.8 Å². The highest BCUT2D eigenvalue weighted by Gasteiger charge is 2.23. The van der Waals surface area contributed by atoms with E-state index in [0.29, 0.717) is 40.3 Å². The molecule has 0 aliphatic carbocycles. The van der Waals surface area contributed by atoms with Gasteiger partial charge in [0.15, 0.2) is 5.82 Å². The summed E-state index contributed by atoms with van der Waals surface area (Å²) in [7, 11) is 0. The number of hydrogen-bond acceptors (Lipinski definition) is 6. The number of anilines is 2. The highest BCUT2D eigenvalue weighted by Crippen LogP contribution is 2.31. The first-order chi connectivity index (χ1) is 18.9. The fraction of sp³-hybridized carbons (Fsp3) is 0.103. The average molecular weight is 537 g/mol. The molecule has 0 spiro atoms. The lowest BCUT2D eigenvalue weighted by atomic mass is 10.0. The zero-order valence-electron chi connectivity index (χ0n) is 21.0. The van der Waals surface area contributed by atoms with E-state index in [9.17, 15) is 4.79 Å². The van der Waals surface area contributed by atoms with Gasteiger partial charge in [-0.3, -0.25) is 9.89 Å². The van der Waals surface area contributed by atoms with E-state index in [1.807, 2.05) is 73.7 Å². The number of H-pyrrole nitrogens is 2. The Labute approximate surface area is 228 Å². The van der Waals surface area contributed by atoms with Crippen molar-refractivity contribution in [1.82, 2.24) is 30.5 Å². The van der Waals surface area contributed by atoms with Crippen LogP contribution in [0, 0.1) is 6.92 Å². The van der Waals surface area contributed by atoms with Crippen LogP contribution in [0.1, 0.15) is 33.5 Å². The Morgan fingerprint density at radius 1 is 0.974 bits per heavy atom. The van der Waals surface area contributed by atoms with Gasteiger partial charge in [0.05, 0.1) is 11.6 Å². The van der Waals surface area contributed by atoms with E-state index in [1.165, 1.54) is 0 Å². The lowest BCUT2D eigenvalue weighted by Crippen LogP contribution is -2.30. The molecule has 1 atom stereocenters. The van der Waals surface area contributed by atoms with Gasteiger partial charge < -0.3 is 21.8 Å². The molecule has 0 aliphatic rings. The molecule has 6 rings (SSSR count). The molecule has 9 nitrogen and oxygen atoms in total. The van der Waals surface area contributed by atoms with E-state index in [1.54, 1.807) is 6.07 Å². The van der Waals surface area contributed by atoms with Gasteiger partial charge in [0.25, 0.3) is 5.91 Å². The summed E-state index contributed by atoms with van der Waals surface area (Å²) in [6, 6.07) is 22.4. The molecule has 0 saturated carbocycles. The normalized spacial score (nSPS) is 12.2. The highest BCUT2D eigenvalue weighted by molar-refractivity contribution is 6.32. The second-order valence-corrected chi connectivity index (χ2v) is 9.83. The number of amides is 1. The number of carbonyl (C=O) groups excluding carboxylic acids is 1. The minimum atomic E-state index is -0.474. The van der Waals surface area contributed by atoms with Crippen molar-refractivity contribution in [1.29, 1.82) is 0 Å². The third-order valence-corrected chi connectivity index (χ3v) is 6.99. The molecule has 3 aromatic heterocycles. The van der Waals surface area contributed by atoms with E-state index in [-0.39, 0.29) is 5.91 Å². The molecule has 0 fully saturated rings. The molecule has 194 valence electrons. The molecule has 0 saturated heterocycles. The maximum Gasteiger partial charge on any atom is 0.251 e. The number of aromatic nitrogens is 5. The summed E-state index contributed by atoms with van der Waals surface area (Å²) >= 11 is 6.63. The minimum Gasteiger partial charge on any atom is -0.383 e. The van der Waals surface area contributed by atoms with E-state index in [4.69, 9.17) is 28.1 Å². The fourth-order valence-corrected chi connectivity index (χ4v) is 5.03. The summed E-state index contributed by atoms with van der Waals surface area (Å²) < 4.78 is 0. The summed E-state index contributed by atoms with van der Waals surface area (Å²) in [5.41, 5.74) is 16.5. The summed E-state index contributed by atoms with van der Waals surface area (Å²) in [4.78, 5) is 25.8. The smallest absolute Gasteiger partial charge is 0.251 e. The van der Waals surface area contributed by atoms with Gasteiger partial charge in [-0.15, -0.1) is 0 Å². The molecule has 3 heterocycles. The van der Waals surface area contributed by atoms with Crippen LogP contribution in [-0.4, -0.2) is 31.1 Å². The molecule has 1 amide bonds. The molecule has 7 N–H and O–H groups in total. The molecule has 10 heteroatoms. The summed E-state index contributed by atoms with van der Waals surface area (Å²) in [6.45, 7) is 1.87. The van der Waals surface area contributed by atoms with Crippen LogP contribution in [0.2, 0.25) is 5.15 Å². The average Bonchev–Trinajstić information content (AvgIpc) is 3.50. The van der Waals surface area contributed by atoms with Crippen LogP contribution in [0.5, 0.6) is 0 Å². The monoisotopic (exact) mass is 536 g/mol. The number of pyridine rings is 1. The van der Waals surface area contributed by atoms with Crippen molar-refractivity contribution in [2.24, 2.45) is 0 Å². The third kappa shape index (κ3) is 4.75. The van der Waals surface area contributed by atoms with Gasteiger partial charge in [-0.25, -0.2) is 9.97 Å². The highest BCUT2D eigenvalue weighted by atomic mass is 35.5. The molecule has 0 radical (unpaired) electrons. The molecular formula is C29H25ClN8O. The standard InChI is InChI=1S/C29H25ClN8O/c1-15-11-19-13-18(8-9-20(19)26(31)33-15)29(39)34-23(12-16-5-3-2-4-6-16)28-35-24(25(30)36-28)17-7-10-21-22(14-17)37-38-27(21)32/h2-11,13-14,23H,12H2,1H3,(H2,31,33)(H,34,39)(H,35,36)(H3,32,37,38)/t23-/m0/s1. The van der Waals surface area contributed by atoms with Gasteiger partial charge in [0, 0.05) is 27.6 Å². The first-order valence-corrected chi connectivity index (χ1v) is 12.7. The number of aromatic amines is 2. The number of rotatable bonds is 6. The van der Waals surface area contributed by atoms with E-state index in [2.05, 4.69) is 25.5 Å². The van der Waals surface area contributed by atoms with Crippen molar-refractivity contribution >= 4 is 50.8 Å². The number of halogens is 1. The predicted octanol–water partition coefficient (Wildman–Crippen LogP) is 5.34. The Balaban J connectivity index is 1.35. The number of fused-ring (bicyclic) bond motifs is 2. The largest absolute Gasteiger partial charge is 0.383 e. The maximum absolute atomic E-state index is 13.5. The Kier molecular flexibility index (Phi) is 6.12. The third-order valence-electron chi connectivity index (χ3n) is 6.71. The lowest BCUT2D eigenvalue weighted by Gasteiger charge is -2.17. The predicted molar refractivity (Wildman–Crippen MR) is 154 cm³/mol. The Morgan fingerprint density at radius 3 is 2.59 bits per heavy atom. The van der Waals surface area contributed by atoms with E-state index >= 15 is 0 Å². The lowest BCUT2D eigenvalue weighted by molar-refractivity contribution is 0.0935. The van der Waals surface area contributed by atoms with Gasteiger partial charge in [0.1, 0.15) is 22.5 Å². The minimum absolute atomic E-state index is 0.241. The van der Waals surface area contributed by atoms with Crippen LogP contribution >= 0.6 is 11.6 Å². The van der Waals surface area contributed by atoms with Crippen molar-refractivity contribution in [2.75, 3.05) is 11.5 Å². The topological polar surface area (TPSA) is 151 Å². The maximum atomic E-state index is 13.5. The Hall–Kier alpha value is -4.89. The van der Waals surface area contributed by atoms with Crippen LogP contribution in [0.25, 0.3) is 32.9 Å². The number of nitrogen functional groups attached to an aromatic ring is 2. The quantitative estimate of drug-likeness (QED) is 0.194. The zero-order chi connectivity index (χ0) is 27.1. The van der Waals surface area contributed by atoms with Crippen molar-refractivity contribution in [2.45, 2.75) is 19.4 Å². The number of carbonyl (C=O) groups is 1. The molecule has 6 aromatic rings. The number of nitrogens with one attached hydrogen (secondary N) is 3. The first-order valence-electron chi connectivity index (χ1n) is 12.4. The first kappa shape index (κ1) is 24.4. The summed E-state index contributed by atoms with van der Waals surface area (Å²) in [5.74, 6) is 1.17. The number of nitrogens with zero attached hydrogens (tertiary/aromatic N) is 3. The zero-order valence-corrected chi connectivity index (χ0v) is 21.8. The molecule has 0 unspecified atom stereocenters. The van der Waals surface area contributed by atoms with Gasteiger partial charge >= 0.3 is 0 Å². The summed E-state index contributed by atoms with van der Waals surface area (Å²) in [6.07, 6.45) is 0.509.